The van der Waals surface area contributed by atoms with Crippen molar-refractivity contribution < 1.29 is 0 Å². The number of anilines is 1. The number of rotatable bonds is 2. The molecule has 0 aromatic carbocycles. The Bertz CT molecular complexity index is 485. The average Bonchev–Trinajstić information content (AvgIpc) is 2.67. The number of aryl methyl sites for hydroxylation is 2. The summed E-state index contributed by atoms with van der Waals surface area (Å²) in [5.41, 5.74) is 7.43. The highest BCUT2D eigenvalue weighted by atomic mass is 35.5. The quantitative estimate of drug-likeness (QED) is 0.836. The van der Waals surface area contributed by atoms with Crippen LogP contribution in [0, 0.1) is 6.92 Å². The lowest BCUT2D eigenvalue weighted by Crippen LogP contribution is -2.08. The van der Waals surface area contributed by atoms with E-state index in [0.29, 0.717) is 17.5 Å². The number of hydrogen-bond acceptors (Lipinski definition) is 3. The molecule has 2 aromatic heterocycles. The molecule has 2 aromatic rings. The van der Waals surface area contributed by atoms with Crippen LogP contribution in [0.2, 0.25) is 5.02 Å². The van der Waals surface area contributed by atoms with Crippen molar-refractivity contribution in [1.82, 2.24) is 19.3 Å². The SMILES string of the molecule is Cc1nn(C)c(Cn2ccnc2N)c1Cl. The third-order valence-corrected chi connectivity index (χ3v) is 2.82. The highest BCUT2D eigenvalue weighted by molar-refractivity contribution is 6.31. The third kappa shape index (κ3) is 1.70. The molecule has 5 nitrogen and oxygen atoms in total. The summed E-state index contributed by atoms with van der Waals surface area (Å²) < 4.78 is 3.58. The zero-order chi connectivity index (χ0) is 11.0. The van der Waals surface area contributed by atoms with Crippen LogP contribution in [0.25, 0.3) is 0 Å². The fourth-order valence-electron chi connectivity index (χ4n) is 1.49. The van der Waals surface area contributed by atoms with Crippen LogP contribution in [0.5, 0.6) is 0 Å². The molecule has 0 amide bonds. The number of nitrogens with zero attached hydrogens (tertiary/aromatic N) is 4. The smallest absolute Gasteiger partial charge is 0.200 e. The van der Waals surface area contributed by atoms with Gasteiger partial charge in [0.2, 0.25) is 0 Å². The first-order valence-electron chi connectivity index (χ1n) is 4.54. The van der Waals surface area contributed by atoms with Crippen LogP contribution >= 0.6 is 11.6 Å². The van der Waals surface area contributed by atoms with Crippen LogP contribution in [-0.2, 0) is 13.6 Å². The molecule has 0 aliphatic rings. The van der Waals surface area contributed by atoms with Gasteiger partial charge in [-0.3, -0.25) is 4.68 Å². The summed E-state index contributed by atoms with van der Waals surface area (Å²) in [6.07, 6.45) is 3.47. The minimum atomic E-state index is 0.477. The minimum Gasteiger partial charge on any atom is -0.369 e. The van der Waals surface area contributed by atoms with Gasteiger partial charge in [0, 0.05) is 19.4 Å². The van der Waals surface area contributed by atoms with E-state index in [1.807, 2.05) is 24.7 Å². The number of nitrogens with two attached hydrogens (primary N) is 1. The maximum absolute atomic E-state index is 6.13. The Kier molecular flexibility index (Phi) is 2.40. The number of hydrogen-bond donors (Lipinski definition) is 1. The lowest BCUT2D eigenvalue weighted by Gasteiger charge is -2.05. The van der Waals surface area contributed by atoms with E-state index in [0.717, 1.165) is 11.4 Å². The van der Waals surface area contributed by atoms with Crippen LogP contribution < -0.4 is 5.73 Å². The van der Waals surface area contributed by atoms with Crippen molar-refractivity contribution in [2.24, 2.45) is 7.05 Å². The Morgan fingerprint density at radius 1 is 1.53 bits per heavy atom. The second kappa shape index (κ2) is 3.58. The molecule has 0 unspecified atom stereocenters. The Balaban J connectivity index is 2.36. The van der Waals surface area contributed by atoms with Gasteiger partial charge >= 0.3 is 0 Å². The Labute approximate surface area is 92.5 Å². The zero-order valence-electron chi connectivity index (χ0n) is 8.61. The molecule has 0 saturated carbocycles. The van der Waals surface area contributed by atoms with E-state index in [9.17, 15) is 0 Å². The number of nitrogen functional groups attached to an aromatic ring is 1. The van der Waals surface area contributed by atoms with E-state index in [1.165, 1.54) is 0 Å². The van der Waals surface area contributed by atoms with Crippen molar-refractivity contribution in [3.63, 3.8) is 0 Å². The fourth-order valence-corrected chi connectivity index (χ4v) is 1.71. The van der Waals surface area contributed by atoms with E-state index in [1.54, 1.807) is 10.9 Å². The second-order valence-electron chi connectivity index (χ2n) is 3.38. The standard InChI is InChI=1S/C9H12ClN5/c1-6-8(10)7(14(2)13-6)5-15-4-3-12-9(15)11/h3-4H,5H2,1-2H3,(H2,11,12). The molecule has 80 valence electrons. The summed E-state index contributed by atoms with van der Waals surface area (Å²) in [4.78, 5) is 3.95. The van der Waals surface area contributed by atoms with Crippen LogP contribution in [0.1, 0.15) is 11.4 Å². The van der Waals surface area contributed by atoms with Gasteiger partial charge in [0.05, 0.1) is 23.0 Å². The van der Waals surface area contributed by atoms with Gasteiger partial charge in [0.25, 0.3) is 0 Å². The highest BCUT2D eigenvalue weighted by Crippen LogP contribution is 2.20. The van der Waals surface area contributed by atoms with Crippen molar-refractivity contribution >= 4 is 17.5 Å². The number of aromatic nitrogens is 4. The summed E-state index contributed by atoms with van der Waals surface area (Å²) in [7, 11) is 1.86. The van der Waals surface area contributed by atoms with Gasteiger partial charge in [-0.15, -0.1) is 0 Å². The molecule has 0 fully saturated rings. The number of halogens is 1. The van der Waals surface area contributed by atoms with Gasteiger partial charge in [-0.25, -0.2) is 4.98 Å². The van der Waals surface area contributed by atoms with E-state index < -0.39 is 0 Å². The van der Waals surface area contributed by atoms with Crippen LogP contribution in [0.3, 0.4) is 0 Å². The highest BCUT2D eigenvalue weighted by Gasteiger charge is 2.12. The van der Waals surface area contributed by atoms with Gasteiger partial charge in [0.15, 0.2) is 5.95 Å². The lowest BCUT2D eigenvalue weighted by atomic mass is 10.3. The molecule has 0 aliphatic carbocycles. The summed E-state index contributed by atoms with van der Waals surface area (Å²) in [6, 6.07) is 0. The zero-order valence-corrected chi connectivity index (χ0v) is 9.36. The van der Waals surface area contributed by atoms with Crippen molar-refractivity contribution in [1.29, 1.82) is 0 Å². The van der Waals surface area contributed by atoms with Gasteiger partial charge in [-0.1, -0.05) is 11.6 Å². The first-order chi connectivity index (χ1) is 7.09. The normalized spacial score (nSPS) is 10.9. The molecule has 0 spiro atoms. The summed E-state index contributed by atoms with van der Waals surface area (Å²) in [5, 5.41) is 4.92. The maximum atomic E-state index is 6.13. The molecule has 2 heterocycles. The Morgan fingerprint density at radius 3 is 2.73 bits per heavy atom. The lowest BCUT2D eigenvalue weighted by molar-refractivity contribution is 0.667. The van der Waals surface area contributed by atoms with Gasteiger partial charge in [0.1, 0.15) is 0 Å². The molecule has 2 rings (SSSR count). The van der Waals surface area contributed by atoms with Gasteiger partial charge in [-0.2, -0.15) is 5.10 Å². The van der Waals surface area contributed by atoms with E-state index in [2.05, 4.69) is 10.1 Å². The van der Waals surface area contributed by atoms with Crippen molar-refractivity contribution in [2.75, 3.05) is 5.73 Å². The van der Waals surface area contributed by atoms with Gasteiger partial charge < -0.3 is 10.3 Å². The first kappa shape index (κ1) is 10.0. The minimum absolute atomic E-state index is 0.477. The molecular formula is C9H12ClN5. The van der Waals surface area contributed by atoms with E-state index in [4.69, 9.17) is 17.3 Å². The molecule has 0 saturated heterocycles. The largest absolute Gasteiger partial charge is 0.369 e. The molecule has 0 bridgehead atoms. The van der Waals surface area contributed by atoms with E-state index >= 15 is 0 Å². The predicted molar refractivity (Wildman–Crippen MR) is 58.7 cm³/mol. The molecule has 15 heavy (non-hydrogen) atoms. The molecule has 2 N–H and O–H groups in total. The Morgan fingerprint density at radius 2 is 2.27 bits per heavy atom. The molecule has 0 atom stereocenters. The second-order valence-corrected chi connectivity index (χ2v) is 3.76. The maximum Gasteiger partial charge on any atom is 0.200 e. The summed E-state index contributed by atoms with van der Waals surface area (Å²) in [5.74, 6) is 0.477. The van der Waals surface area contributed by atoms with Crippen LogP contribution in [0.4, 0.5) is 5.95 Å². The Hall–Kier alpha value is -1.49. The number of imidazole rings is 1. The van der Waals surface area contributed by atoms with Crippen LogP contribution in [0.15, 0.2) is 12.4 Å². The monoisotopic (exact) mass is 225 g/mol. The topological polar surface area (TPSA) is 61.7 Å². The third-order valence-electron chi connectivity index (χ3n) is 2.33. The van der Waals surface area contributed by atoms with Crippen molar-refractivity contribution in [2.45, 2.75) is 13.5 Å². The van der Waals surface area contributed by atoms with Crippen molar-refractivity contribution in [3.05, 3.63) is 28.8 Å². The van der Waals surface area contributed by atoms with Crippen molar-refractivity contribution in [3.8, 4) is 0 Å². The van der Waals surface area contributed by atoms with Crippen LogP contribution in [-0.4, -0.2) is 19.3 Å². The molecule has 0 aliphatic heterocycles. The van der Waals surface area contributed by atoms with E-state index in [-0.39, 0.29) is 0 Å². The molecular weight excluding hydrogens is 214 g/mol. The summed E-state index contributed by atoms with van der Waals surface area (Å²) >= 11 is 6.13. The summed E-state index contributed by atoms with van der Waals surface area (Å²) in [6.45, 7) is 2.46. The molecule has 6 heteroatoms. The predicted octanol–water partition coefficient (Wildman–Crippen LogP) is 1.21. The fraction of sp³-hybridized carbons (Fsp3) is 0.333. The first-order valence-corrected chi connectivity index (χ1v) is 4.92. The average molecular weight is 226 g/mol. The van der Waals surface area contributed by atoms with Gasteiger partial charge in [-0.05, 0) is 6.92 Å². The molecule has 0 radical (unpaired) electrons.